The summed E-state index contributed by atoms with van der Waals surface area (Å²) < 4.78 is 6.21. The molecule has 0 unspecified atom stereocenters. The van der Waals surface area contributed by atoms with Gasteiger partial charge < -0.3 is 15.2 Å². The van der Waals surface area contributed by atoms with Gasteiger partial charge in [-0.25, -0.2) is 9.59 Å². The van der Waals surface area contributed by atoms with E-state index in [-0.39, 0.29) is 11.8 Å². The fraction of sp³-hybridized carbons (Fsp3) is 0.105. The molecule has 28 heavy (non-hydrogen) atoms. The zero-order valence-corrected chi connectivity index (χ0v) is 15.6. The number of nitrogens with one attached hydrogen (secondary N) is 2. The van der Waals surface area contributed by atoms with Gasteiger partial charge >= 0.3 is 18.2 Å². The molecule has 0 aliphatic rings. The summed E-state index contributed by atoms with van der Waals surface area (Å²) in [5, 5.41) is 14.7. The largest absolute Gasteiger partial charge is 0.513 e. The van der Waals surface area contributed by atoms with Gasteiger partial charge in [0.15, 0.2) is 5.82 Å². The molecule has 2 aromatic carbocycles. The molecule has 0 bridgehead atoms. The Kier molecular flexibility index (Phi) is 5.81. The second-order valence-electron chi connectivity index (χ2n) is 5.93. The van der Waals surface area contributed by atoms with Gasteiger partial charge in [0.1, 0.15) is 0 Å². The molecule has 0 radical (unpaired) electrons. The van der Waals surface area contributed by atoms with Crippen LogP contribution in [0.25, 0.3) is 0 Å². The van der Waals surface area contributed by atoms with E-state index in [0.29, 0.717) is 17.3 Å². The summed E-state index contributed by atoms with van der Waals surface area (Å²) >= 11 is 5.91. The molecule has 0 atom stereocenters. The number of nitrogens with zero attached hydrogens (tertiary/aromatic N) is 2. The lowest BCUT2D eigenvalue weighted by molar-refractivity contribution is 0.138. The molecule has 3 N–H and O–H groups in total. The molecule has 144 valence electrons. The van der Waals surface area contributed by atoms with E-state index in [1.54, 1.807) is 18.2 Å². The average molecular weight is 401 g/mol. The maximum Gasteiger partial charge on any atom is 0.513 e. The summed E-state index contributed by atoms with van der Waals surface area (Å²) in [7, 11) is 0. The van der Waals surface area contributed by atoms with Gasteiger partial charge in [-0.05, 0) is 36.2 Å². The lowest BCUT2D eigenvalue weighted by Crippen LogP contribution is -2.20. The van der Waals surface area contributed by atoms with Crippen LogP contribution in [0.1, 0.15) is 11.1 Å². The summed E-state index contributed by atoms with van der Waals surface area (Å²) in [5.74, 6) is 0.149. The topological polar surface area (TPSA) is 105 Å². The third-order valence-electron chi connectivity index (χ3n) is 3.79. The lowest BCUT2D eigenvalue weighted by atomic mass is 10.2. The highest BCUT2D eigenvalue weighted by atomic mass is 35.5. The molecular weight excluding hydrogens is 384 g/mol. The number of carbonyl (C=O) groups excluding carboxylic acids is 1. The van der Waals surface area contributed by atoms with Gasteiger partial charge in [0.05, 0.1) is 12.7 Å². The number of amides is 2. The Morgan fingerprint density at radius 2 is 1.93 bits per heavy atom. The first-order chi connectivity index (χ1) is 13.4. The number of aromatic nitrogens is 2. The van der Waals surface area contributed by atoms with Crippen molar-refractivity contribution in [3.05, 3.63) is 70.9 Å². The first kappa shape index (κ1) is 19.2. The van der Waals surface area contributed by atoms with Crippen LogP contribution in [0.2, 0.25) is 5.02 Å². The number of hydrogen-bond donors (Lipinski definition) is 3. The van der Waals surface area contributed by atoms with E-state index in [9.17, 15) is 9.59 Å². The molecule has 3 rings (SSSR count). The normalized spacial score (nSPS) is 10.4. The molecule has 0 spiro atoms. The molecule has 9 heteroatoms. The van der Waals surface area contributed by atoms with E-state index >= 15 is 0 Å². The molecule has 8 nitrogen and oxygen atoms in total. The number of imidazole rings is 1. The number of rotatable bonds is 5. The predicted molar refractivity (Wildman–Crippen MR) is 105 cm³/mol. The summed E-state index contributed by atoms with van der Waals surface area (Å²) in [6.07, 6.45) is 0.00671. The van der Waals surface area contributed by atoms with E-state index in [2.05, 4.69) is 15.6 Å². The van der Waals surface area contributed by atoms with Crippen LogP contribution in [0.15, 0.2) is 54.7 Å². The van der Waals surface area contributed by atoms with Crippen molar-refractivity contribution in [2.75, 3.05) is 10.6 Å². The van der Waals surface area contributed by atoms with Crippen LogP contribution >= 0.6 is 11.6 Å². The smallest absolute Gasteiger partial charge is 0.449 e. The van der Waals surface area contributed by atoms with Crippen LogP contribution in [0.5, 0.6) is 6.01 Å². The molecule has 2 amide bonds. The van der Waals surface area contributed by atoms with Gasteiger partial charge in [0, 0.05) is 10.7 Å². The van der Waals surface area contributed by atoms with Crippen molar-refractivity contribution in [2.24, 2.45) is 0 Å². The number of halogens is 1. The van der Waals surface area contributed by atoms with E-state index < -0.39 is 12.2 Å². The van der Waals surface area contributed by atoms with Crippen LogP contribution in [0, 0.1) is 6.92 Å². The maximum absolute atomic E-state index is 12.3. The SMILES string of the molecule is Cc1cc(Cl)ccc1NC(=O)Nc1cn(Cc2ccccc2)c(OC(=O)O)n1. The third kappa shape index (κ3) is 5.01. The molecule has 0 saturated carbocycles. The molecule has 1 heterocycles. The number of urea groups is 1. The molecule has 1 aromatic heterocycles. The summed E-state index contributed by atoms with van der Waals surface area (Å²) in [5.41, 5.74) is 2.31. The van der Waals surface area contributed by atoms with Crippen LogP contribution in [0.4, 0.5) is 21.1 Å². The van der Waals surface area contributed by atoms with E-state index in [1.807, 2.05) is 37.3 Å². The first-order valence-electron chi connectivity index (χ1n) is 8.27. The molecule has 0 aliphatic carbocycles. The summed E-state index contributed by atoms with van der Waals surface area (Å²) in [4.78, 5) is 27.2. The van der Waals surface area contributed by atoms with Crippen molar-refractivity contribution >= 4 is 35.3 Å². The lowest BCUT2D eigenvalue weighted by Gasteiger charge is -2.08. The zero-order valence-electron chi connectivity index (χ0n) is 14.8. The van der Waals surface area contributed by atoms with Crippen molar-refractivity contribution < 1.29 is 19.4 Å². The van der Waals surface area contributed by atoms with Crippen LogP contribution < -0.4 is 15.4 Å². The average Bonchev–Trinajstić information content (AvgIpc) is 2.98. The van der Waals surface area contributed by atoms with Gasteiger partial charge in [0.25, 0.3) is 0 Å². The molecule has 3 aromatic rings. The van der Waals surface area contributed by atoms with E-state index in [1.165, 1.54) is 10.8 Å². The Bertz CT molecular complexity index is 1000. The van der Waals surface area contributed by atoms with E-state index in [4.69, 9.17) is 21.4 Å². The van der Waals surface area contributed by atoms with Crippen molar-refractivity contribution in [3.63, 3.8) is 0 Å². The van der Waals surface area contributed by atoms with Gasteiger partial charge in [0.2, 0.25) is 0 Å². The number of aryl methyl sites for hydroxylation is 1. The first-order valence-corrected chi connectivity index (χ1v) is 8.64. The quantitative estimate of drug-likeness (QED) is 0.543. The number of hydrogen-bond acceptors (Lipinski definition) is 4. The van der Waals surface area contributed by atoms with Crippen LogP contribution in [-0.4, -0.2) is 26.8 Å². The van der Waals surface area contributed by atoms with Crippen LogP contribution in [-0.2, 0) is 6.54 Å². The maximum atomic E-state index is 12.3. The van der Waals surface area contributed by atoms with Gasteiger partial charge in [-0.3, -0.25) is 9.88 Å². The highest BCUT2D eigenvalue weighted by Gasteiger charge is 2.15. The fourth-order valence-corrected chi connectivity index (χ4v) is 2.78. The Morgan fingerprint density at radius 1 is 1.18 bits per heavy atom. The van der Waals surface area contributed by atoms with Gasteiger partial charge in [-0.15, -0.1) is 0 Å². The Morgan fingerprint density at radius 3 is 2.61 bits per heavy atom. The Hall–Kier alpha value is -3.52. The van der Waals surface area contributed by atoms with Gasteiger partial charge in [-0.2, -0.15) is 4.98 Å². The van der Waals surface area contributed by atoms with E-state index in [0.717, 1.165) is 11.1 Å². The molecular formula is C19H17ClN4O4. The minimum Gasteiger partial charge on any atom is -0.449 e. The standard InChI is InChI=1S/C19H17ClN4O4/c1-12-9-14(20)7-8-15(12)21-17(25)22-16-11-24(18(23-16)28-19(26)27)10-13-5-3-2-4-6-13/h2-9,11H,10H2,1H3,(H,26,27)(H2,21,22,25). The summed E-state index contributed by atoms with van der Waals surface area (Å²) in [6, 6.07) is 13.8. The second-order valence-corrected chi connectivity index (χ2v) is 6.36. The Balaban J connectivity index is 1.75. The van der Waals surface area contributed by atoms with Crippen LogP contribution in [0.3, 0.4) is 0 Å². The molecule has 0 saturated heterocycles. The minimum absolute atomic E-state index is 0.144. The number of ether oxygens (including phenoxy) is 1. The number of anilines is 2. The monoisotopic (exact) mass is 400 g/mol. The highest BCUT2D eigenvalue weighted by Crippen LogP contribution is 2.21. The third-order valence-corrected chi connectivity index (χ3v) is 4.03. The number of benzene rings is 2. The van der Waals surface area contributed by atoms with Crippen molar-refractivity contribution in [3.8, 4) is 6.01 Å². The highest BCUT2D eigenvalue weighted by molar-refractivity contribution is 6.30. The molecule has 0 fully saturated rings. The van der Waals surface area contributed by atoms with Crippen molar-refractivity contribution in [1.29, 1.82) is 0 Å². The number of carbonyl (C=O) groups is 2. The predicted octanol–water partition coefficient (Wildman–Crippen LogP) is 4.59. The number of carboxylic acid groups (broad SMARTS) is 1. The summed E-state index contributed by atoms with van der Waals surface area (Å²) in [6.45, 7) is 2.14. The minimum atomic E-state index is -1.49. The van der Waals surface area contributed by atoms with Crippen molar-refractivity contribution in [1.82, 2.24) is 9.55 Å². The second kappa shape index (κ2) is 8.45. The molecule has 0 aliphatic heterocycles. The Labute approximate surface area is 165 Å². The van der Waals surface area contributed by atoms with Gasteiger partial charge in [-0.1, -0.05) is 41.9 Å². The van der Waals surface area contributed by atoms with Crippen molar-refractivity contribution in [2.45, 2.75) is 13.5 Å². The zero-order chi connectivity index (χ0) is 20.1. The fourth-order valence-electron chi connectivity index (χ4n) is 2.55.